The highest BCUT2D eigenvalue weighted by Crippen LogP contribution is 2.41. The number of esters is 1. The molecular weight excluding hydrogens is 250 g/mol. The van der Waals surface area contributed by atoms with Crippen LogP contribution in [0, 0.1) is 12.3 Å². The summed E-state index contributed by atoms with van der Waals surface area (Å²) >= 11 is 0. The van der Waals surface area contributed by atoms with Crippen LogP contribution in [0.3, 0.4) is 0 Å². The Bertz CT molecular complexity index is 505. The molecule has 1 aliphatic heterocycles. The molecule has 0 radical (unpaired) electrons. The molecule has 0 N–H and O–H groups in total. The highest BCUT2D eigenvalue weighted by atomic mass is 16.6. The molecule has 20 heavy (non-hydrogen) atoms. The summed E-state index contributed by atoms with van der Waals surface area (Å²) in [7, 11) is 0. The quantitative estimate of drug-likeness (QED) is 0.622. The minimum Gasteiger partial charge on any atom is -0.452 e. The monoisotopic (exact) mass is 271 g/mol. The largest absolute Gasteiger partial charge is 0.452 e. The van der Waals surface area contributed by atoms with Crippen LogP contribution in [-0.2, 0) is 15.1 Å². The highest BCUT2D eigenvalue weighted by molar-refractivity contribution is 5.70. The van der Waals surface area contributed by atoms with Crippen LogP contribution in [0.15, 0.2) is 30.3 Å². The first-order chi connectivity index (χ1) is 9.64. The van der Waals surface area contributed by atoms with Gasteiger partial charge in [-0.2, -0.15) is 0 Å². The molecule has 0 unspecified atom stereocenters. The van der Waals surface area contributed by atoms with Gasteiger partial charge in [0.25, 0.3) is 0 Å². The summed E-state index contributed by atoms with van der Waals surface area (Å²) in [5.74, 6) is 2.52. The first-order valence-corrected chi connectivity index (χ1v) is 7.09. The molecule has 0 spiro atoms. The maximum absolute atomic E-state index is 11.9. The van der Waals surface area contributed by atoms with Gasteiger partial charge >= 0.3 is 5.97 Å². The fraction of sp³-hybridized carbons (Fsp3) is 0.471. The average Bonchev–Trinajstić information content (AvgIpc) is 2.79. The van der Waals surface area contributed by atoms with E-state index >= 15 is 0 Å². The van der Waals surface area contributed by atoms with E-state index in [1.807, 2.05) is 37.3 Å². The third kappa shape index (κ3) is 2.57. The van der Waals surface area contributed by atoms with Gasteiger partial charge in [0.1, 0.15) is 0 Å². The van der Waals surface area contributed by atoms with E-state index in [0.717, 1.165) is 18.5 Å². The van der Waals surface area contributed by atoms with E-state index in [0.29, 0.717) is 13.0 Å². The fourth-order valence-corrected chi connectivity index (χ4v) is 2.92. The Morgan fingerprint density at radius 3 is 2.80 bits per heavy atom. The maximum Gasteiger partial charge on any atom is 0.306 e. The molecule has 3 heteroatoms. The summed E-state index contributed by atoms with van der Waals surface area (Å²) in [5.41, 5.74) is 0.472. The molecule has 1 aromatic carbocycles. The lowest BCUT2D eigenvalue weighted by molar-refractivity contribution is -0.163. The Morgan fingerprint density at radius 2 is 2.20 bits per heavy atom. The van der Waals surface area contributed by atoms with Crippen molar-refractivity contribution in [1.29, 1.82) is 0 Å². The Labute approximate surface area is 120 Å². The lowest BCUT2D eigenvalue weighted by Gasteiger charge is -2.35. The van der Waals surface area contributed by atoms with Crippen molar-refractivity contribution >= 4 is 5.97 Å². The Balaban J connectivity index is 2.36. The molecule has 3 nitrogen and oxygen atoms in total. The number of carbonyl (C=O) groups excluding carboxylic acids is 1. The Hall–Kier alpha value is -1.79. The van der Waals surface area contributed by atoms with Crippen molar-refractivity contribution in [2.45, 2.75) is 38.3 Å². The number of nitrogens with zero attached hydrogens (tertiary/aromatic N) is 1. The summed E-state index contributed by atoms with van der Waals surface area (Å²) < 4.78 is 5.87. The van der Waals surface area contributed by atoms with Crippen molar-refractivity contribution in [3.8, 4) is 12.3 Å². The number of ether oxygens (including phenoxy) is 1. The molecule has 106 valence electrons. The van der Waals surface area contributed by atoms with Crippen molar-refractivity contribution < 1.29 is 9.53 Å². The summed E-state index contributed by atoms with van der Waals surface area (Å²) in [6.45, 7) is 5.33. The smallest absolute Gasteiger partial charge is 0.306 e. The van der Waals surface area contributed by atoms with Crippen LogP contribution in [0.25, 0.3) is 0 Å². The number of hydrogen-bond donors (Lipinski definition) is 0. The second-order valence-corrected chi connectivity index (χ2v) is 5.18. The van der Waals surface area contributed by atoms with Crippen LogP contribution in [0.2, 0.25) is 0 Å². The van der Waals surface area contributed by atoms with Crippen molar-refractivity contribution in [2.75, 3.05) is 13.1 Å². The van der Waals surface area contributed by atoms with Gasteiger partial charge < -0.3 is 4.74 Å². The highest BCUT2D eigenvalue weighted by Gasteiger charge is 2.48. The topological polar surface area (TPSA) is 29.5 Å². The molecule has 0 aliphatic carbocycles. The molecule has 1 aliphatic rings. The van der Waals surface area contributed by atoms with E-state index in [1.54, 1.807) is 0 Å². The molecule has 1 saturated heterocycles. The van der Waals surface area contributed by atoms with Gasteiger partial charge in [0.15, 0.2) is 5.60 Å². The third-order valence-corrected chi connectivity index (χ3v) is 4.13. The number of hydrogen-bond acceptors (Lipinski definition) is 3. The van der Waals surface area contributed by atoms with Gasteiger partial charge in [-0.25, -0.2) is 0 Å². The van der Waals surface area contributed by atoms with Crippen LogP contribution in [0.4, 0.5) is 0 Å². The summed E-state index contributed by atoms with van der Waals surface area (Å²) in [6, 6.07) is 10.1. The number of terminal acetylenes is 1. The van der Waals surface area contributed by atoms with Crippen molar-refractivity contribution in [3.63, 3.8) is 0 Å². The summed E-state index contributed by atoms with van der Waals surface area (Å²) in [6.07, 6.45) is 6.59. The second-order valence-electron chi connectivity index (χ2n) is 5.18. The summed E-state index contributed by atoms with van der Waals surface area (Å²) in [4.78, 5) is 14.1. The van der Waals surface area contributed by atoms with Gasteiger partial charge in [0, 0.05) is 19.4 Å². The summed E-state index contributed by atoms with van der Waals surface area (Å²) in [5, 5.41) is 0. The average molecular weight is 271 g/mol. The van der Waals surface area contributed by atoms with Gasteiger partial charge in [0.05, 0.1) is 12.6 Å². The van der Waals surface area contributed by atoms with E-state index in [4.69, 9.17) is 11.2 Å². The van der Waals surface area contributed by atoms with Crippen LogP contribution in [0.5, 0.6) is 0 Å². The minimum atomic E-state index is -0.578. The number of benzene rings is 1. The molecule has 2 rings (SSSR count). The Kier molecular flexibility index (Phi) is 4.46. The Morgan fingerprint density at radius 1 is 1.50 bits per heavy atom. The van der Waals surface area contributed by atoms with Gasteiger partial charge in [-0.15, -0.1) is 6.42 Å². The van der Waals surface area contributed by atoms with Gasteiger partial charge in [-0.1, -0.05) is 43.2 Å². The van der Waals surface area contributed by atoms with Crippen molar-refractivity contribution in [2.24, 2.45) is 0 Å². The zero-order valence-electron chi connectivity index (χ0n) is 12.1. The molecular formula is C17H21NO2. The van der Waals surface area contributed by atoms with Crippen LogP contribution in [-0.4, -0.2) is 30.0 Å². The van der Waals surface area contributed by atoms with E-state index in [9.17, 15) is 4.79 Å². The zero-order valence-corrected chi connectivity index (χ0v) is 12.1. The van der Waals surface area contributed by atoms with E-state index < -0.39 is 5.60 Å². The molecule has 1 heterocycles. The normalized spacial score (nSPS) is 26.1. The first kappa shape index (κ1) is 14.6. The number of rotatable bonds is 4. The molecule has 0 bridgehead atoms. The molecule has 1 fully saturated rings. The predicted octanol–water partition coefficient (Wildman–Crippen LogP) is 2.56. The van der Waals surface area contributed by atoms with Crippen LogP contribution < -0.4 is 0 Å². The lowest BCUT2D eigenvalue weighted by atomic mass is 9.87. The van der Waals surface area contributed by atoms with E-state index in [2.05, 4.69) is 17.7 Å². The SMILES string of the molecule is C#CCN1CC[C@](OC(=O)CC)(c2ccccc2)[C@H]1C. The molecule has 0 saturated carbocycles. The van der Waals surface area contributed by atoms with Gasteiger partial charge in [-0.05, 0) is 12.5 Å². The third-order valence-electron chi connectivity index (χ3n) is 4.13. The van der Waals surface area contributed by atoms with E-state index in [-0.39, 0.29) is 12.0 Å². The lowest BCUT2D eigenvalue weighted by Crippen LogP contribution is -2.43. The molecule has 0 amide bonds. The zero-order chi connectivity index (χ0) is 14.6. The second kappa shape index (κ2) is 6.11. The molecule has 1 aromatic rings. The van der Waals surface area contributed by atoms with Crippen LogP contribution >= 0.6 is 0 Å². The maximum atomic E-state index is 11.9. The molecule has 0 aromatic heterocycles. The van der Waals surface area contributed by atoms with Gasteiger partial charge in [-0.3, -0.25) is 9.69 Å². The fourth-order valence-electron chi connectivity index (χ4n) is 2.92. The standard InChI is InChI=1S/C17H21NO2/c1-4-12-18-13-11-17(14(18)3,20-16(19)5-2)15-9-7-6-8-10-15/h1,6-10,14H,5,11-13H2,2-3H3/t14-,17-/m1/s1. The van der Waals surface area contributed by atoms with Gasteiger partial charge in [0.2, 0.25) is 0 Å². The first-order valence-electron chi connectivity index (χ1n) is 7.09. The minimum absolute atomic E-state index is 0.0800. The van der Waals surface area contributed by atoms with Crippen molar-refractivity contribution in [3.05, 3.63) is 35.9 Å². The van der Waals surface area contributed by atoms with E-state index in [1.165, 1.54) is 0 Å². The predicted molar refractivity (Wildman–Crippen MR) is 79.0 cm³/mol. The number of carbonyl (C=O) groups is 1. The molecule has 2 atom stereocenters. The van der Waals surface area contributed by atoms with Crippen molar-refractivity contribution in [1.82, 2.24) is 4.90 Å². The van der Waals surface area contributed by atoms with Crippen LogP contribution in [0.1, 0.15) is 32.3 Å². The number of likely N-dealkylation sites (tertiary alicyclic amines) is 1.